The topological polar surface area (TPSA) is 84.5 Å². The van der Waals surface area contributed by atoms with Crippen molar-refractivity contribution in [2.45, 2.75) is 34.1 Å². The maximum Gasteiger partial charge on any atom is 0.339 e. The van der Waals surface area contributed by atoms with E-state index in [1.54, 1.807) is 38.1 Å². The second kappa shape index (κ2) is 8.69. The van der Waals surface area contributed by atoms with Crippen molar-refractivity contribution >= 4 is 29.2 Å². The largest absolute Gasteiger partial charge is 0.465 e. The maximum atomic E-state index is 12.9. The van der Waals surface area contributed by atoms with Crippen LogP contribution in [0.4, 0.5) is 11.4 Å². The average Bonchev–Trinajstić information content (AvgIpc) is 2.69. The molecule has 2 amide bonds. The minimum atomic E-state index is -1.36. The number of amides is 2. The van der Waals surface area contributed by atoms with Crippen LogP contribution in [0.2, 0.25) is 0 Å². The Kier molecular flexibility index (Phi) is 6.57. The molecule has 148 valence electrons. The summed E-state index contributed by atoms with van der Waals surface area (Å²) < 4.78 is 4.74. The molecule has 2 N–H and O–H groups in total. The lowest BCUT2D eigenvalue weighted by Gasteiger charge is -2.24. The predicted molar refractivity (Wildman–Crippen MR) is 109 cm³/mol. The lowest BCUT2D eigenvalue weighted by molar-refractivity contribution is -0.135. The van der Waals surface area contributed by atoms with E-state index < -0.39 is 23.2 Å². The van der Waals surface area contributed by atoms with Crippen LogP contribution < -0.4 is 10.6 Å². The number of carbonyl (C=O) groups is 3. The van der Waals surface area contributed by atoms with Gasteiger partial charge in [-0.1, -0.05) is 37.3 Å². The zero-order valence-corrected chi connectivity index (χ0v) is 16.9. The zero-order valence-electron chi connectivity index (χ0n) is 16.9. The minimum absolute atomic E-state index is 0.224. The number of methoxy groups -OCH3 is 1. The number of aryl methyl sites for hydroxylation is 2. The van der Waals surface area contributed by atoms with Gasteiger partial charge in [0.25, 0.3) is 0 Å². The monoisotopic (exact) mass is 382 g/mol. The summed E-state index contributed by atoms with van der Waals surface area (Å²) in [5, 5.41) is 5.57. The van der Waals surface area contributed by atoms with Crippen molar-refractivity contribution in [3.63, 3.8) is 0 Å². The maximum absolute atomic E-state index is 12.9. The number of hydrogen-bond donors (Lipinski definition) is 2. The smallest absolute Gasteiger partial charge is 0.339 e. The van der Waals surface area contributed by atoms with Crippen molar-refractivity contribution in [1.29, 1.82) is 0 Å². The third-order valence-electron chi connectivity index (χ3n) is 4.69. The third-order valence-corrected chi connectivity index (χ3v) is 4.69. The van der Waals surface area contributed by atoms with Crippen molar-refractivity contribution in [1.82, 2.24) is 0 Å². The molecule has 0 aliphatic carbocycles. The van der Waals surface area contributed by atoms with Gasteiger partial charge in [-0.15, -0.1) is 0 Å². The Balaban J connectivity index is 2.24. The van der Waals surface area contributed by atoms with Gasteiger partial charge in [0.1, 0.15) is 5.41 Å². The Bertz CT molecular complexity index is 903. The summed E-state index contributed by atoms with van der Waals surface area (Å²) in [7, 11) is 1.27. The number of ether oxygens (including phenoxy) is 1. The molecular formula is C22H26N2O4. The van der Waals surface area contributed by atoms with Gasteiger partial charge in [-0.3, -0.25) is 9.59 Å². The van der Waals surface area contributed by atoms with Gasteiger partial charge in [0.05, 0.1) is 18.4 Å². The summed E-state index contributed by atoms with van der Waals surface area (Å²) in [6.45, 7) is 7.01. The van der Waals surface area contributed by atoms with E-state index in [1.165, 1.54) is 7.11 Å². The molecule has 0 aliphatic rings. The van der Waals surface area contributed by atoms with E-state index in [9.17, 15) is 14.4 Å². The lowest BCUT2D eigenvalue weighted by Crippen LogP contribution is -2.42. The number of benzene rings is 2. The van der Waals surface area contributed by atoms with E-state index in [1.807, 2.05) is 32.0 Å². The molecule has 0 saturated carbocycles. The SMILES string of the molecule is CCc1cccc(C)c1NC(=O)C(C)(C)C(=O)Nc1ccccc1C(=O)OC. The number of anilines is 2. The molecule has 28 heavy (non-hydrogen) atoms. The van der Waals surface area contributed by atoms with Crippen molar-refractivity contribution in [3.8, 4) is 0 Å². The van der Waals surface area contributed by atoms with E-state index in [-0.39, 0.29) is 5.56 Å². The molecule has 6 nitrogen and oxygen atoms in total. The Labute approximate surface area is 165 Å². The Morgan fingerprint density at radius 1 is 0.964 bits per heavy atom. The first-order chi connectivity index (χ1) is 13.2. The fourth-order valence-corrected chi connectivity index (χ4v) is 2.73. The van der Waals surface area contributed by atoms with Crippen LogP contribution in [0.1, 0.15) is 42.3 Å². The molecule has 6 heteroatoms. The van der Waals surface area contributed by atoms with Gasteiger partial charge >= 0.3 is 5.97 Å². The highest BCUT2D eigenvalue weighted by Gasteiger charge is 2.37. The molecule has 2 aromatic carbocycles. The molecule has 2 rings (SSSR count). The van der Waals surface area contributed by atoms with Crippen molar-refractivity contribution in [3.05, 3.63) is 59.2 Å². The van der Waals surface area contributed by atoms with Crippen molar-refractivity contribution < 1.29 is 19.1 Å². The first-order valence-electron chi connectivity index (χ1n) is 9.11. The summed E-state index contributed by atoms with van der Waals surface area (Å²) in [6, 6.07) is 12.3. The van der Waals surface area contributed by atoms with Crippen LogP contribution in [-0.2, 0) is 20.7 Å². The van der Waals surface area contributed by atoms with E-state index in [4.69, 9.17) is 4.74 Å². The molecule has 0 spiro atoms. The molecule has 2 aromatic rings. The number of carbonyl (C=O) groups excluding carboxylic acids is 3. The van der Waals surface area contributed by atoms with Crippen LogP contribution in [0.3, 0.4) is 0 Å². The van der Waals surface area contributed by atoms with Crippen LogP contribution in [0, 0.1) is 12.3 Å². The molecule has 0 saturated heterocycles. The Hall–Kier alpha value is -3.15. The van der Waals surface area contributed by atoms with E-state index in [0.717, 1.165) is 23.2 Å². The van der Waals surface area contributed by atoms with Gasteiger partial charge in [-0.2, -0.15) is 0 Å². The molecule has 0 aliphatic heterocycles. The minimum Gasteiger partial charge on any atom is -0.465 e. The van der Waals surface area contributed by atoms with Gasteiger partial charge in [-0.25, -0.2) is 4.79 Å². The second-order valence-electron chi connectivity index (χ2n) is 7.03. The highest BCUT2D eigenvalue weighted by atomic mass is 16.5. The van der Waals surface area contributed by atoms with Crippen LogP contribution in [0.15, 0.2) is 42.5 Å². The molecule has 0 unspecified atom stereocenters. The fourth-order valence-electron chi connectivity index (χ4n) is 2.73. The normalized spacial score (nSPS) is 10.9. The van der Waals surface area contributed by atoms with Gasteiger partial charge in [-0.05, 0) is 50.5 Å². The average molecular weight is 382 g/mol. The highest BCUT2D eigenvalue weighted by molar-refractivity contribution is 6.15. The third kappa shape index (κ3) is 4.39. The lowest BCUT2D eigenvalue weighted by atomic mass is 9.90. The van der Waals surface area contributed by atoms with E-state index in [2.05, 4.69) is 10.6 Å². The molecular weight excluding hydrogens is 356 g/mol. The molecule has 0 heterocycles. The summed E-state index contributed by atoms with van der Waals surface area (Å²) in [5.74, 6) is -1.51. The van der Waals surface area contributed by atoms with Gasteiger partial charge < -0.3 is 15.4 Å². The summed E-state index contributed by atoms with van der Waals surface area (Å²) >= 11 is 0. The number of esters is 1. The highest BCUT2D eigenvalue weighted by Crippen LogP contribution is 2.27. The summed E-state index contributed by atoms with van der Waals surface area (Å²) in [5.41, 5.74) is 1.81. The van der Waals surface area contributed by atoms with Gasteiger partial charge in [0, 0.05) is 5.69 Å². The zero-order chi connectivity index (χ0) is 20.9. The first-order valence-corrected chi connectivity index (χ1v) is 9.11. The molecule has 0 fully saturated rings. The van der Waals surface area contributed by atoms with Crippen molar-refractivity contribution in [2.75, 3.05) is 17.7 Å². The fraction of sp³-hybridized carbons (Fsp3) is 0.318. The number of rotatable bonds is 6. The molecule has 0 aromatic heterocycles. The van der Waals surface area contributed by atoms with Gasteiger partial charge in [0.2, 0.25) is 11.8 Å². The molecule has 0 atom stereocenters. The Morgan fingerprint density at radius 3 is 2.25 bits per heavy atom. The molecule has 0 radical (unpaired) electrons. The van der Waals surface area contributed by atoms with Crippen molar-refractivity contribution in [2.24, 2.45) is 5.41 Å². The van der Waals surface area contributed by atoms with Crippen LogP contribution in [0.25, 0.3) is 0 Å². The second-order valence-corrected chi connectivity index (χ2v) is 7.03. The van der Waals surface area contributed by atoms with Crippen LogP contribution in [0.5, 0.6) is 0 Å². The van der Waals surface area contributed by atoms with E-state index in [0.29, 0.717) is 5.69 Å². The molecule has 0 bridgehead atoms. The Morgan fingerprint density at radius 2 is 1.61 bits per heavy atom. The quantitative estimate of drug-likeness (QED) is 0.585. The van der Waals surface area contributed by atoms with E-state index >= 15 is 0 Å². The van der Waals surface area contributed by atoms with Gasteiger partial charge in [0.15, 0.2) is 0 Å². The number of hydrogen-bond acceptors (Lipinski definition) is 4. The van der Waals surface area contributed by atoms with Crippen LogP contribution in [-0.4, -0.2) is 24.9 Å². The number of para-hydroxylation sites is 2. The summed E-state index contributed by atoms with van der Waals surface area (Å²) in [4.78, 5) is 37.6. The van der Waals surface area contributed by atoms with Crippen LogP contribution >= 0.6 is 0 Å². The standard InChI is InChI=1S/C22H26N2O4/c1-6-15-11-9-10-14(2)18(15)24-21(27)22(3,4)20(26)23-17-13-8-7-12-16(17)19(25)28-5/h7-13H,6H2,1-5H3,(H,23,26)(H,24,27). The number of nitrogens with one attached hydrogen (secondary N) is 2. The predicted octanol–water partition coefficient (Wildman–Crippen LogP) is 3.95. The first kappa shape index (κ1) is 21.2. The summed E-state index contributed by atoms with van der Waals surface area (Å²) in [6.07, 6.45) is 0.760.